The highest BCUT2D eigenvalue weighted by molar-refractivity contribution is 6.30. The number of amides is 2. The van der Waals surface area contributed by atoms with Crippen LogP contribution in [0.1, 0.15) is 61.0 Å². The Morgan fingerprint density at radius 1 is 1.00 bits per heavy atom. The summed E-state index contributed by atoms with van der Waals surface area (Å²) in [5.74, 6) is 0.210. The van der Waals surface area contributed by atoms with E-state index in [1.54, 1.807) is 36.1 Å². The molecule has 3 aromatic carbocycles. The first-order valence-electron chi connectivity index (χ1n) is 14.3. The molecule has 3 atom stereocenters. The zero-order valence-electron chi connectivity index (χ0n) is 23.9. The van der Waals surface area contributed by atoms with Crippen molar-refractivity contribution in [1.82, 2.24) is 15.1 Å². The van der Waals surface area contributed by atoms with Crippen LogP contribution in [0.15, 0.2) is 71.7 Å². The van der Waals surface area contributed by atoms with Crippen molar-refractivity contribution < 1.29 is 22.7 Å². The van der Waals surface area contributed by atoms with E-state index in [4.69, 9.17) is 32.9 Å². The predicted octanol–water partition coefficient (Wildman–Crippen LogP) is 8.15. The molecule has 2 amide bonds. The van der Waals surface area contributed by atoms with Crippen LogP contribution < -0.4 is 10.1 Å². The summed E-state index contributed by atoms with van der Waals surface area (Å²) in [5.41, 5.74) is 0.990. The first-order valence-corrected chi connectivity index (χ1v) is 15.1. The lowest BCUT2D eigenvalue weighted by atomic mass is 9.94. The van der Waals surface area contributed by atoms with E-state index in [-0.39, 0.29) is 29.8 Å². The summed E-state index contributed by atoms with van der Waals surface area (Å²) in [6.45, 7) is 6.21. The zero-order valence-corrected chi connectivity index (χ0v) is 25.4. The number of benzene rings is 3. The monoisotopic (exact) mass is 632 g/mol. The van der Waals surface area contributed by atoms with Crippen LogP contribution in [-0.4, -0.2) is 53.9 Å². The number of hydrogen-bond donors (Lipinski definition) is 1. The Labute approximate surface area is 259 Å². The Morgan fingerprint density at radius 3 is 2.26 bits per heavy atom. The molecule has 228 valence electrons. The molecule has 1 N–H and O–H groups in total. The van der Waals surface area contributed by atoms with Crippen LogP contribution in [0, 0.1) is 0 Å². The number of hydrogen-bond acceptors (Lipinski definition) is 4. The van der Waals surface area contributed by atoms with Gasteiger partial charge in [0.15, 0.2) is 0 Å². The number of carbonyl (C=O) groups is 1. The molecule has 0 saturated carbocycles. The Kier molecular flexibility index (Phi) is 9.54. The van der Waals surface area contributed by atoms with Crippen molar-refractivity contribution in [1.29, 1.82) is 0 Å². The molecule has 0 aromatic heterocycles. The molecule has 3 unspecified atom stereocenters. The van der Waals surface area contributed by atoms with Gasteiger partial charge in [-0.1, -0.05) is 54.4 Å². The molecule has 11 heteroatoms. The Bertz CT molecular complexity index is 1460. The minimum atomic E-state index is -4.57. The molecule has 0 aliphatic carbocycles. The second-order valence-corrected chi connectivity index (χ2v) is 11.4. The van der Waals surface area contributed by atoms with Crippen LogP contribution in [0.3, 0.4) is 0 Å². The minimum absolute atomic E-state index is 0.00608. The fraction of sp³-hybridized carbons (Fsp3) is 0.375. The van der Waals surface area contributed by atoms with E-state index in [9.17, 15) is 18.0 Å². The lowest BCUT2D eigenvalue weighted by Gasteiger charge is -2.31. The van der Waals surface area contributed by atoms with Gasteiger partial charge in [-0.25, -0.2) is 4.79 Å². The second-order valence-electron chi connectivity index (χ2n) is 10.6. The number of halogens is 5. The third-order valence-electron chi connectivity index (χ3n) is 7.95. The average Bonchev–Trinajstić information content (AvgIpc) is 3.61. The Morgan fingerprint density at radius 2 is 1.65 bits per heavy atom. The van der Waals surface area contributed by atoms with E-state index >= 15 is 0 Å². The zero-order chi connectivity index (χ0) is 30.7. The van der Waals surface area contributed by atoms with Gasteiger partial charge in [0.1, 0.15) is 17.6 Å². The van der Waals surface area contributed by atoms with Crippen LogP contribution in [0.2, 0.25) is 10.0 Å². The molecule has 1 saturated heterocycles. The van der Waals surface area contributed by atoms with Gasteiger partial charge in [0, 0.05) is 22.6 Å². The summed E-state index contributed by atoms with van der Waals surface area (Å²) in [7, 11) is 0. The molecule has 0 spiro atoms. The molecule has 2 aliphatic rings. The van der Waals surface area contributed by atoms with Gasteiger partial charge in [0.25, 0.3) is 0 Å². The van der Waals surface area contributed by atoms with Crippen molar-refractivity contribution in [3.05, 3.63) is 99.0 Å². The van der Waals surface area contributed by atoms with Crippen molar-refractivity contribution >= 4 is 35.1 Å². The molecule has 6 nitrogen and oxygen atoms in total. The number of likely N-dealkylation sites (N-methyl/N-ethyl adjacent to an activating group) is 1. The van der Waals surface area contributed by atoms with Gasteiger partial charge in [-0.3, -0.25) is 14.8 Å². The number of nitrogens with zero attached hydrogens (tertiary/aromatic N) is 3. The molecular weight excluding hydrogens is 600 g/mol. The quantitative estimate of drug-likeness (QED) is 0.273. The number of likely N-dealkylation sites (tertiary alicyclic amines) is 1. The van der Waals surface area contributed by atoms with Gasteiger partial charge >= 0.3 is 12.2 Å². The number of alkyl halides is 3. The SMILES string of the molecule is CCOc1cc(C(F)(F)F)ccc1C1=NC(c2ccc(Cl)cc2)C(c2ccc(Cl)cc2)N1C(=O)NCC1CCCN1CC. The molecule has 5 rings (SSSR count). The minimum Gasteiger partial charge on any atom is -0.493 e. The number of carbonyl (C=O) groups excluding carboxylic acids is 1. The van der Waals surface area contributed by atoms with Crippen molar-refractivity contribution in [2.45, 2.75) is 51.0 Å². The van der Waals surface area contributed by atoms with E-state index in [0.717, 1.165) is 49.2 Å². The number of rotatable bonds is 8. The van der Waals surface area contributed by atoms with Gasteiger partial charge in [-0.15, -0.1) is 0 Å². The number of ether oxygens (including phenoxy) is 1. The lowest BCUT2D eigenvalue weighted by molar-refractivity contribution is -0.137. The molecule has 1 fully saturated rings. The number of nitrogens with one attached hydrogen (secondary N) is 1. The second kappa shape index (κ2) is 13.2. The maximum absolute atomic E-state index is 14.2. The van der Waals surface area contributed by atoms with Crippen molar-refractivity contribution in [3.63, 3.8) is 0 Å². The Balaban J connectivity index is 1.63. The van der Waals surface area contributed by atoms with Gasteiger partial charge in [0.05, 0.1) is 23.8 Å². The first-order chi connectivity index (χ1) is 20.6. The fourth-order valence-electron chi connectivity index (χ4n) is 5.86. The van der Waals surface area contributed by atoms with Crippen molar-refractivity contribution in [2.24, 2.45) is 4.99 Å². The molecule has 43 heavy (non-hydrogen) atoms. The summed E-state index contributed by atoms with van der Waals surface area (Å²) in [5, 5.41) is 4.18. The van der Waals surface area contributed by atoms with Crippen LogP contribution in [0.25, 0.3) is 0 Å². The molecule has 0 bridgehead atoms. The lowest BCUT2D eigenvalue weighted by Crippen LogP contribution is -2.48. The fourth-order valence-corrected chi connectivity index (χ4v) is 6.11. The number of urea groups is 1. The average molecular weight is 634 g/mol. The highest BCUT2D eigenvalue weighted by Gasteiger charge is 2.44. The normalized spacial score (nSPS) is 20.8. The van der Waals surface area contributed by atoms with Gasteiger partial charge in [-0.05, 0) is 86.4 Å². The molecule has 3 aromatic rings. The van der Waals surface area contributed by atoms with Crippen molar-refractivity contribution in [2.75, 3.05) is 26.2 Å². The van der Waals surface area contributed by atoms with E-state index in [1.165, 1.54) is 6.07 Å². The van der Waals surface area contributed by atoms with Gasteiger partial charge in [0.2, 0.25) is 0 Å². The number of aliphatic imine (C=N–C) groups is 1. The predicted molar refractivity (Wildman–Crippen MR) is 163 cm³/mol. The standard InChI is InChI=1S/C32H33Cl2F3N4O2/c1-3-40-17-5-6-25(40)19-38-31(42)41-29(21-9-14-24(34)15-10-21)28(20-7-12-23(33)13-8-20)39-30(41)26-16-11-22(32(35,36)37)18-27(26)43-4-2/h7-16,18,25,28-29H,3-6,17,19H2,1-2H3,(H,38,42). The molecular formula is C32H33Cl2F3N4O2. The van der Waals surface area contributed by atoms with Crippen LogP contribution in [0.4, 0.5) is 18.0 Å². The van der Waals surface area contributed by atoms with E-state index in [0.29, 0.717) is 16.6 Å². The van der Waals surface area contributed by atoms with Crippen LogP contribution in [0.5, 0.6) is 5.75 Å². The Hall–Kier alpha value is -3.27. The summed E-state index contributed by atoms with van der Waals surface area (Å²) in [4.78, 5) is 23.1. The summed E-state index contributed by atoms with van der Waals surface area (Å²) >= 11 is 12.4. The van der Waals surface area contributed by atoms with Gasteiger partial charge < -0.3 is 10.1 Å². The smallest absolute Gasteiger partial charge is 0.416 e. The maximum atomic E-state index is 14.2. The summed E-state index contributed by atoms with van der Waals surface area (Å²) < 4.78 is 46.7. The highest BCUT2D eigenvalue weighted by Crippen LogP contribution is 2.45. The van der Waals surface area contributed by atoms with Crippen molar-refractivity contribution in [3.8, 4) is 5.75 Å². The third-order valence-corrected chi connectivity index (χ3v) is 8.46. The van der Waals surface area contributed by atoms with Crippen LogP contribution >= 0.6 is 23.2 Å². The van der Waals surface area contributed by atoms with Gasteiger partial charge in [-0.2, -0.15) is 13.2 Å². The highest BCUT2D eigenvalue weighted by atomic mass is 35.5. The van der Waals surface area contributed by atoms with E-state index in [1.807, 2.05) is 24.3 Å². The van der Waals surface area contributed by atoms with E-state index in [2.05, 4.69) is 17.1 Å². The van der Waals surface area contributed by atoms with Crippen LogP contribution in [-0.2, 0) is 6.18 Å². The largest absolute Gasteiger partial charge is 0.493 e. The maximum Gasteiger partial charge on any atom is 0.416 e. The molecule has 0 radical (unpaired) electrons. The number of amidine groups is 1. The molecule has 2 aliphatic heterocycles. The third kappa shape index (κ3) is 6.79. The van der Waals surface area contributed by atoms with E-state index < -0.39 is 29.9 Å². The first kappa shape index (κ1) is 31.2. The topological polar surface area (TPSA) is 57.2 Å². The summed E-state index contributed by atoms with van der Waals surface area (Å²) in [6.07, 6.45) is -2.54. The summed E-state index contributed by atoms with van der Waals surface area (Å²) in [6, 6.07) is 16.2. The molecule has 2 heterocycles.